The molecule has 0 saturated heterocycles. The van der Waals surface area contributed by atoms with Gasteiger partial charge in [-0.05, 0) is 68.1 Å². The number of benzene rings is 1. The quantitative estimate of drug-likeness (QED) is 0.350. The second kappa shape index (κ2) is 8.02. The number of hydrogen-bond donors (Lipinski definition) is 0. The van der Waals surface area contributed by atoms with Crippen molar-refractivity contribution in [3.63, 3.8) is 0 Å². The topological polar surface area (TPSA) is 9.23 Å². The van der Waals surface area contributed by atoms with E-state index in [9.17, 15) is 0 Å². The van der Waals surface area contributed by atoms with Crippen molar-refractivity contribution in [2.75, 3.05) is 0 Å². The maximum Gasteiger partial charge on any atom is 0.123 e. The fourth-order valence-corrected chi connectivity index (χ4v) is 5.20. The van der Waals surface area contributed by atoms with Gasteiger partial charge in [0.25, 0.3) is 0 Å². The monoisotopic (exact) mass is 368 g/mol. The van der Waals surface area contributed by atoms with Crippen LogP contribution in [0.15, 0.2) is 29.8 Å². The van der Waals surface area contributed by atoms with Crippen molar-refractivity contribution in [2.45, 2.75) is 110 Å². The minimum Gasteiger partial charge on any atom is -0.487 e. The molecule has 1 nitrogen and oxygen atoms in total. The SMILES string of the molecule is CCCCCCC(C)(C)c1ccc2c(c1)OC(C)(C)[C@@H]1CC=C(CC)C[C@@H]21. The van der Waals surface area contributed by atoms with Gasteiger partial charge in [-0.15, -0.1) is 0 Å². The molecule has 1 heterocycles. The van der Waals surface area contributed by atoms with Crippen LogP contribution in [0.25, 0.3) is 0 Å². The first kappa shape index (κ1) is 20.5. The highest BCUT2D eigenvalue weighted by molar-refractivity contribution is 5.46. The summed E-state index contributed by atoms with van der Waals surface area (Å²) >= 11 is 0. The molecule has 150 valence electrons. The normalized spacial score (nSPS) is 23.9. The molecule has 1 heteroatoms. The highest BCUT2D eigenvalue weighted by atomic mass is 16.5. The molecule has 2 atom stereocenters. The number of unbranched alkanes of at least 4 members (excludes halogenated alkanes) is 3. The van der Waals surface area contributed by atoms with Crippen LogP contribution in [0.4, 0.5) is 0 Å². The Morgan fingerprint density at radius 2 is 1.89 bits per heavy atom. The predicted octanol–water partition coefficient (Wildman–Crippen LogP) is 7.94. The van der Waals surface area contributed by atoms with Crippen LogP contribution in [0.1, 0.15) is 110 Å². The lowest BCUT2D eigenvalue weighted by Crippen LogP contribution is -2.45. The van der Waals surface area contributed by atoms with Gasteiger partial charge in [0.2, 0.25) is 0 Å². The average Bonchev–Trinajstić information content (AvgIpc) is 2.64. The van der Waals surface area contributed by atoms with E-state index < -0.39 is 0 Å². The third kappa shape index (κ3) is 4.28. The first-order valence-corrected chi connectivity index (χ1v) is 11.3. The first-order valence-electron chi connectivity index (χ1n) is 11.3. The molecule has 0 amide bonds. The lowest BCUT2D eigenvalue weighted by molar-refractivity contribution is 0.00816. The number of rotatable bonds is 7. The van der Waals surface area contributed by atoms with Gasteiger partial charge in [0, 0.05) is 5.92 Å². The zero-order valence-corrected chi connectivity index (χ0v) is 18.5. The van der Waals surface area contributed by atoms with E-state index in [4.69, 9.17) is 4.74 Å². The lowest BCUT2D eigenvalue weighted by Gasteiger charge is -2.47. The number of ether oxygens (including phenoxy) is 1. The second-order valence-electron chi connectivity index (χ2n) is 10.0. The molecule has 0 aromatic heterocycles. The Morgan fingerprint density at radius 3 is 2.59 bits per heavy atom. The lowest BCUT2D eigenvalue weighted by atomic mass is 9.66. The zero-order chi connectivity index (χ0) is 19.7. The van der Waals surface area contributed by atoms with E-state index in [1.807, 2.05) is 0 Å². The fourth-order valence-electron chi connectivity index (χ4n) is 5.20. The van der Waals surface area contributed by atoms with Crippen LogP contribution in [0.3, 0.4) is 0 Å². The predicted molar refractivity (Wildman–Crippen MR) is 117 cm³/mol. The molecule has 0 N–H and O–H groups in total. The Hall–Kier alpha value is -1.24. The molecule has 0 spiro atoms. The summed E-state index contributed by atoms with van der Waals surface area (Å²) in [5, 5.41) is 0. The Kier molecular flexibility index (Phi) is 6.08. The summed E-state index contributed by atoms with van der Waals surface area (Å²) in [6, 6.07) is 7.16. The molecule has 1 aromatic rings. The van der Waals surface area contributed by atoms with Gasteiger partial charge in [-0.1, -0.05) is 77.2 Å². The maximum absolute atomic E-state index is 6.61. The van der Waals surface area contributed by atoms with Crippen LogP contribution in [0.2, 0.25) is 0 Å². The Morgan fingerprint density at radius 1 is 1.11 bits per heavy atom. The molecule has 0 unspecified atom stereocenters. The summed E-state index contributed by atoms with van der Waals surface area (Å²) in [4.78, 5) is 0. The highest BCUT2D eigenvalue weighted by Crippen LogP contribution is 2.52. The van der Waals surface area contributed by atoms with E-state index in [2.05, 4.69) is 65.8 Å². The summed E-state index contributed by atoms with van der Waals surface area (Å²) in [5.74, 6) is 2.36. The van der Waals surface area contributed by atoms with Gasteiger partial charge in [-0.25, -0.2) is 0 Å². The van der Waals surface area contributed by atoms with Gasteiger partial charge in [-0.3, -0.25) is 0 Å². The van der Waals surface area contributed by atoms with Crippen molar-refractivity contribution >= 4 is 0 Å². The fraction of sp³-hybridized carbons (Fsp3) is 0.692. The molecule has 27 heavy (non-hydrogen) atoms. The third-order valence-electron chi connectivity index (χ3n) is 7.20. The maximum atomic E-state index is 6.61. The highest BCUT2D eigenvalue weighted by Gasteiger charge is 2.44. The van der Waals surface area contributed by atoms with E-state index in [-0.39, 0.29) is 11.0 Å². The van der Waals surface area contributed by atoms with Crippen LogP contribution >= 0.6 is 0 Å². The van der Waals surface area contributed by atoms with Crippen LogP contribution in [-0.4, -0.2) is 5.60 Å². The summed E-state index contributed by atoms with van der Waals surface area (Å²) in [5.41, 5.74) is 4.64. The molecule has 0 radical (unpaired) electrons. The average molecular weight is 369 g/mol. The van der Waals surface area contributed by atoms with Gasteiger partial charge in [0.15, 0.2) is 0 Å². The van der Waals surface area contributed by atoms with E-state index >= 15 is 0 Å². The Bertz CT molecular complexity index is 679. The summed E-state index contributed by atoms with van der Waals surface area (Å²) in [7, 11) is 0. The Labute approximate surface area is 167 Å². The van der Waals surface area contributed by atoms with Gasteiger partial charge in [0.05, 0.1) is 0 Å². The van der Waals surface area contributed by atoms with Crippen LogP contribution < -0.4 is 4.74 Å². The van der Waals surface area contributed by atoms with Crippen molar-refractivity contribution in [3.8, 4) is 5.75 Å². The molecule has 3 rings (SSSR count). The van der Waals surface area contributed by atoms with Crippen molar-refractivity contribution < 1.29 is 4.74 Å². The molecule has 1 aromatic carbocycles. The summed E-state index contributed by atoms with van der Waals surface area (Å²) in [6.07, 6.45) is 12.6. The smallest absolute Gasteiger partial charge is 0.123 e. The van der Waals surface area contributed by atoms with Crippen LogP contribution in [0, 0.1) is 5.92 Å². The molecule has 2 aliphatic rings. The van der Waals surface area contributed by atoms with Gasteiger partial charge >= 0.3 is 0 Å². The van der Waals surface area contributed by atoms with E-state index in [1.54, 1.807) is 5.57 Å². The standard InChI is InChI=1S/C26H40O/c1-7-9-10-11-16-25(3,4)20-13-14-21-22-17-19(8-2)12-15-23(22)26(5,6)27-24(21)18-20/h12-14,18,22-23H,7-11,15-17H2,1-6H3/t22-,23+/m0/s1. The van der Waals surface area contributed by atoms with Gasteiger partial charge < -0.3 is 4.74 Å². The van der Waals surface area contributed by atoms with Crippen molar-refractivity contribution in [1.82, 2.24) is 0 Å². The van der Waals surface area contributed by atoms with Crippen LogP contribution in [-0.2, 0) is 5.41 Å². The van der Waals surface area contributed by atoms with E-state index in [0.29, 0.717) is 11.8 Å². The summed E-state index contributed by atoms with van der Waals surface area (Å²) in [6.45, 7) is 14.0. The minimum absolute atomic E-state index is 0.0860. The van der Waals surface area contributed by atoms with Gasteiger partial charge in [-0.2, -0.15) is 0 Å². The molecule has 1 aliphatic carbocycles. The largest absolute Gasteiger partial charge is 0.487 e. The van der Waals surface area contributed by atoms with Crippen molar-refractivity contribution in [2.24, 2.45) is 5.92 Å². The first-order chi connectivity index (χ1) is 12.8. The van der Waals surface area contributed by atoms with Crippen LogP contribution in [0.5, 0.6) is 5.75 Å². The molecule has 0 fully saturated rings. The summed E-state index contributed by atoms with van der Waals surface area (Å²) < 4.78 is 6.61. The molecule has 0 bridgehead atoms. The minimum atomic E-state index is -0.0860. The second-order valence-corrected chi connectivity index (χ2v) is 10.0. The number of allylic oxidation sites excluding steroid dienone is 2. The molecule has 1 aliphatic heterocycles. The van der Waals surface area contributed by atoms with Crippen molar-refractivity contribution in [3.05, 3.63) is 41.0 Å². The van der Waals surface area contributed by atoms with E-state index in [1.165, 1.54) is 56.1 Å². The third-order valence-corrected chi connectivity index (χ3v) is 7.20. The number of hydrogen-bond acceptors (Lipinski definition) is 1. The van der Waals surface area contributed by atoms with Crippen molar-refractivity contribution in [1.29, 1.82) is 0 Å². The van der Waals surface area contributed by atoms with Gasteiger partial charge in [0.1, 0.15) is 11.4 Å². The Balaban J connectivity index is 1.85. The number of fused-ring (bicyclic) bond motifs is 3. The molecular weight excluding hydrogens is 328 g/mol. The zero-order valence-electron chi connectivity index (χ0n) is 18.5. The van der Waals surface area contributed by atoms with E-state index in [0.717, 1.165) is 12.2 Å². The molecular formula is C26H40O. The molecule has 0 saturated carbocycles.